The van der Waals surface area contributed by atoms with E-state index in [-0.39, 0.29) is 17.4 Å². The van der Waals surface area contributed by atoms with Crippen molar-refractivity contribution in [3.05, 3.63) is 48.2 Å². The van der Waals surface area contributed by atoms with Crippen molar-refractivity contribution in [2.24, 2.45) is 5.92 Å². The van der Waals surface area contributed by atoms with Gasteiger partial charge in [-0.25, -0.2) is 9.78 Å². The summed E-state index contributed by atoms with van der Waals surface area (Å²) in [6.07, 6.45) is 3.55. The Kier molecular flexibility index (Phi) is 4.66. The summed E-state index contributed by atoms with van der Waals surface area (Å²) < 4.78 is 0. The molecule has 2 N–H and O–H groups in total. The van der Waals surface area contributed by atoms with Crippen LogP contribution in [0.15, 0.2) is 42.6 Å². The molecule has 140 valence electrons. The highest BCUT2D eigenvalue weighted by Crippen LogP contribution is 2.31. The largest absolute Gasteiger partial charge is 0.478 e. The summed E-state index contributed by atoms with van der Waals surface area (Å²) >= 11 is 0. The van der Waals surface area contributed by atoms with Gasteiger partial charge in [0.05, 0.1) is 11.3 Å². The molecule has 2 fully saturated rings. The number of carbonyl (C=O) groups is 2. The number of carbonyl (C=O) groups excluding carboxylic acids is 1. The van der Waals surface area contributed by atoms with Crippen molar-refractivity contribution >= 4 is 29.1 Å². The normalized spacial score (nSPS) is 16.9. The van der Waals surface area contributed by atoms with Crippen molar-refractivity contribution in [3.8, 4) is 0 Å². The molecule has 1 aliphatic heterocycles. The summed E-state index contributed by atoms with van der Waals surface area (Å²) in [5.74, 6) is -0.128. The van der Waals surface area contributed by atoms with Crippen molar-refractivity contribution in [3.63, 3.8) is 0 Å². The second-order valence-corrected chi connectivity index (χ2v) is 6.96. The number of nitrogens with zero attached hydrogens (tertiary/aromatic N) is 3. The van der Waals surface area contributed by atoms with Gasteiger partial charge in [0.15, 0.2) is 0 Å². The minimum atomic E-state index is -1.03. The summed E-state index contributed by atoms with van der Waals surface area (Å²) in [6, 6.07) is 11.1. The first kappa shape index (κ1) is 17.3. The number of amides is 1. The minimum Gasteiger partial charge on any atom is -0.478 e. The van der Waals surface area contributed by atoms with E-state index in [1.807, 2.05) is 24.3 Å². The van der Waals surface area contributed by atoms with Gasteiger partial charge in [-0.05, 0) is 43.2 Å². The molecule has 1 aromatic heterocycles. The smallest absolute Gasteiger partial charge is 0.337 e. The minimum absolute atomic E-state index is 0.0333. The first-order valence-electron chi connectivity index (χ1n) is 9.21. The SMILES string of the molecule is O=C(O)c1cc(N2CCN(c3ccccn3)CC2)ccc1NC(=O)C1CC1. The molecule has 2 aromatic rings. The number of hydrogen-bond acceptors (Lipinski definition) is 5. The van der Waals surface area contributed by atoms with Gasteiger partial charge < -0.3 is 20.2 Å². The molecule has 0 bridgehead atoms. The third kappa shape index (κ3) is 3.86. The summed E-state index contributed by atoms with van der Waals surface area (Å²) in [7, 11) is 0. The van der Waals surface area contributed by atoms with Gasteiger partial charge >= 0.3 is 5.97 Å². The number of benzene rings is 1. The van der Waals surface area contributed by atoms with E-state index in [0.29, 0.717) is 5.69 Å². The monoisotopic (exact) mass is 366 g/mol. The number of carboxylic acids is 1. The molecule has 1 saturated heterocycles. The number of piperazine rings is 1. The molecule has 0 spiro atoms. The summed E-state index contributed by atoms with van der Waals surface area (Å²) in [5.41, 5.74) is 1.36. The zero-order valence-corrected chi connectivity index (χ0v) is 15.0. The van der Waals surface area contributed by atoms with Crippen LogP contribution in [-0.4, -0.2) is 48.1 Å². The number of anilines is 3. The lowest BCUT2D eigenvalue weighted by Gasteiger charge is -2.36. The molecule has 7 heteroatoms. The van der Waals surface area contributed by atoms with E-state index < -0.39 is 5.97 Å². The zero-order valence-electron chi connectivity index (χ0n) is 15.0. The van der Waals surface area contributed by atoms with E-state index in [2.05, 4.69) is 20.1 Å². The van der Waals surface area contributed by atoms with Gasteiger partial charge in [-0.2, -0.15) is 0 Å². The molecule has 1 aliphatic carbocycles. The number of hydrogen-bond donors (Lipinski definition) is 2. The van der Waals surface area contributed by atoms with E-state index in [9.17, 15) is 14.7 Å². The van der Waals surface area contributed by atoms with E-state index >= 15 is 0 Å². The van der Waals surface area contributed by atoms with Gasteiger partial charge in [0.25, 0.3) is 0 Å². The molecule has 0 atom stereocenters. The molecule has 2 aliphatic rings. The topological polar surface area (TPSA) is 85.8 Å². The van der Waals surface area contributed by atoms with Crippen LogP contribution in [0.1, 0.15) is 23.2 Å². The van der Waals surface area contributed by atoms with Gasteiger partial charge in [0, 0.05) is 44.0 Å². The third-order valence-electron chi connectivity index (χ3n) is 5.06. The van der Waals surface area contributed by atoms with Crippen LogP contribution < -0.4 is 15.1 Å². The Bertz CT molecular complexity index is 844. The second kappa shape index (κ2) is 7.26. The summed E-state index contributed by atoms with van der Waals surface area (Å²) in [6.45, 7) is 3.20. The molecule has 0 radical (unpaired) electrons. The first-order valence-corrected chi connectivity index (χ1v) is 9.21. The molecular formula is C20H22N4O3. The zero-order chi connectivity index (χ0) is 18.8. The maximum absolute atomic E-state index is 12.0. The van der Waals surface area contributed by atoms with Gasteiger partial charge in [0.1, 0.15) is 5.82 Å². The number of pyridine rings is 1. The van der Waals surface area contributed by atoms with Gasteiger partial charge in [-0.15, -0.1) is 0 Å². The Morgan fingerprint density at radius 1 is 1.04 bits per heavy atom. The standard InChI is InChI=1S/C20H22N4O3/c25-19(14-4-5-14)22-17-7-6-15(13-16(17)20(26)27)23-9-11-24(12-10-23)18-3-1-2-8-21-18/h1-3,6-8,13-14H,4-5,9-12H2,(H,22,25)(H,26,27). The molecule has 0 unspecified atom stereocenters. The number of aromatic nitrogens is 1. The molecule has 1 amide bonds. The number of aromatic carboxylic acids is 1. The molecule has 1 saturated carbocycles. The quantitative estimate of drug-likeness (QED) is 0.845. The first-order chi connectivity index (χ1) is 13.1. The number of nitrogens with one attached hydrogen (secondary N) is 1. The highest BCUT2D eigenvalue weighted by Gasteiger charge is 2.30. The molecule has 27 heavy (non-hydrogen) atoms. The fourth-order valence-electron chi connectivity index (χ4n) is 3.33. The van der Waals surface area contributed by atoms with Crippen LogP contribution in [0, 0.1) is 5.92 Å². The predicted octanol–water partition coefficient (Wildman–Crippen LogP) is 2.45. The summed E-state index contributed by atoms with van der Waals surface area (Å²) in [4.78, 5) is 32.4. The van der Waals surface area contributed by atoms with Crippen molar-refractivity contribution < 1.29 is 14.7 Å². The van der Waals surface area contributed by atoms with Gasteiger partial charge in [-0.3, -0.25) is 4.79 Å². The maximum Gasteiger partial charge on any atom is 0.337 e. The Balaban J connectivity index is 1.46. The van der Waals surface area contributed by atoms with Crippen LogP contribution in [0.2, 0.25) is 0 Å². The van der Waals surface area contributed by atoms with Gasteiger partial charge in [0.2, 0.25) is 5.91 Å². The van der Waals surface area contributed by atoms with E-state index in [1.165, 1.54) is 0 Å². The highest BCUT2D eigenvalue weighted by atomic mass is 16.4. The number of rotatable bonds is 5. The predicted molar refractivity (Wildman–Crippen MR) is 103 cm³/mol. The van der Waals surface area contributed by atoms with Crippen LogP contribution in [0.25, 0.3) is 0 Å². The highest BCUT2D eigenvalue weighted by molar-refractivity contribution is 6.02. The average molecular weight is 366 g/mol. The van der Waals surface area contributed by atoms with Crippen molar-refractivity contribution in [1.29, 1.82) is 0 Å². The molecule has 2 heterocycles. The maximum atomic E-state index is 12.0. The number of carboxylic acid groups (broad SMARTS) is 1. The third-order valence-corrected chi connectivity index (χ3v) is 5.06. The van der Waals surface area contributed by atoms with Gasteiger partial charge in [-0.1, -0.05) is 6.07 Å². The fourth-order valence-corrected chi connectivity index (χ4v) is 3.33. The Hall–Kier alpha value is -3.09. The van der Waals surface area contributed by atoms with E-state index in [0.717, 1.165) is 50.5 Å². The van der Waals surface area contributed by atoms with Crippen LogP contribution >= 0.6 is 0 Å². The fraction of sp³-hybridized carbons (Fsp3) is 0.350. The van der Waals surface area contributed by atoms with Crippen molar-refractivity contribution in [2.45, 2.75) is 12.8 Å². The Morgan fingerprint density at radius 2 is 1.78 bits per heavy atom. The molecule has 4 rings (SSSR count). The van der Waals surface area contributed by atoms with Crippen LogP contribution in [0.4, 0.5) is 17.2 Å². The van der Waals surface area contributed by atoms with E-state index in [4.69, 9.17) is 0 Å². The lowest BCUT2D eigenvalue weighted by Crippen LogP contribution is -2.46. The van der Waals surface area contributed by atoms with Crippen LogP contribution in [-0.2, 0) is 4.79 Å². The Labute approximate surface area is 157 Å². The second-order valence-electron chi connectivity index (χ2n) is 6.96. The van der Waals surface area contributed by atoms with Crippen LogP contribution in [0.3, 0.4) is 0 Å². The van der Waals surface area contributed by atoms with Crippen molar-refractivity contribution in [2.75, 3.05) is 41.3 Å². The summed E-state index contributed by atoms with van der Waals surface area (Å²) in [5, 5.41) is 12.3. The Morgan fingerprint density at radius 3 is 2.41 bits per heavy atom. The molecular weight excluding hydrogens is 344 g/mol. The lowest BCUT2D eigenvalue weighted by molar-refractivity contribution is -0.117. The van der Waals surface area contributed by atoms with Crippen molar-refractivity contribution in [1.82, 2.24) is 4.98 Å². The molecule has 1 aromatic carbocycles. The average Bonchev–Trinajstić information content (AvgIpc) is 3.54. The molecule has 7 nitrogen and oxygen atoms in total. The van der Waals surface area contributed by atoms with E-state index in [1.54, 1.807) is 18.3 Å². The van der Waals surface area contributed by atoms with Crippen LogP contribution in [0.5, 0.6) is 0 Å². The lowest BCUT2D eigenvalue weighted by atomic mass is 10.1.